The minimum atomic E-state index is -0.550. The van der Waals surface area contributed by atoms with E-state index >= 15 is 0 Å². The number of hydrogen-bond donors (Lipinski definition) is 1. The van der Waals surface area contributed by atoms with E-state index in [1.54, 1.807) is 6.92 Å². The van der Waals surface area contributed by atoms with Crippen LogP contribution in [0.25, 0.3) is 0 Å². The van der Waals surface area contributed by atoms with Gasteiger partial charge >= 0.3 is 0 Å². The van der Waals surface area contributed by atoms with Gasteiger partial charge in [0.2, 0.25) is 0 Å². The molecule has 0 radical (unpaired) electrons. The number of nitrogens with one attached hydrogen (secondary N) is 1. The van der Waals surface area contributed by atoms with Crippen molar-refractivity contribution >= 4 is 5.91 Å². The molecule has 0 bridgehead atoms. The molecular formula is C19H23NO3. The van der Waals surface area contributed by atoms with Crippen molar-refractivity contribution in [3.8, 4) is 11.5 Å². The highest BCUT2D eigenvalue weighted by atomic mass is 16.5. The zero-order chi connectivity index (χ0) is 16.7. The van der Waals surface area contributed by atoms with Gasteiger partial charge in [-0.3, -0.25) is 4.79 Å². The highest BCUT2D eigenvalue weighted by Crippen LogP contribution is 2.18. The molecular weight excluding hydrogens is 290 g/mol. The van der Waals surface area contributed by atoms with E-state index in [0.29, 0.717) is 13.2 Å². The van der Waals surface area contributed by atoms with Crippen molar-refractivity contribution in [1.29, 1.82) is 0 Å². The van der Waals surface area contributed by atoms with Crippen molar-refractivity contribution in [2.45, 2.75) is 33.4 Å². The van der Waals surface area contributed by atoms with E-state index in [1.807, 2.05) is 62.4 Å². The Morgan fingerprint density at radius 3 is 2.70 bits per heavy atom. The number of carbonyl (C=O) groups is 1. The Morgan fingerprint density at radius 2 is 1.96 bits per heavy atom. The molecule has 122 valence electrons. The molecule has 2 aromatic rings. The van der Waals surface area contributed by atoms with Crippen LogP contribution in [0.2, 0.25) is 0 Å². The zero-order valence-electron chi connectivity index (χ0n) is 13.8. The summed E-state index contributed by atoms with van der Waals surface area (Å²) in [5.74, 6) is 1.40. The molecule has 1 N–H and O–H groups in total. The van der Waals surface area contributed by atoms with E-state index in [9.17, 15) is 4.79 Å². The number of carbonyl (C=O) groups excluding carboxylic acids is 1. The quantitative estimate of drug-likeness (QED) is 0.851. The third kappa shape index (κ3) is 5.02. The van der Waals surface area contributed by atoms with Crippen LogP contribution >= 0.6 is 0 Å². The summed E-state index contributed by atoms with van der Waals surface area (Å²) in [6.45, 7) is 6.72. The molecule has 1 amide bonds. The monoisotopic (exact) mass is 313 g/mol. The summed E-state index contributed by atoms with van der Waals surface area (Å²) in [6.07, 6.45) is -0.550. The standard InChI is InChI=1S/C19H23NO3/c1-4-22-17-10-7-9-16(12-17)13-20-19(21)15(3)23-18-11-6-5-8-14(18)2/h5-12,15H,4,13H2,1-3H3,(H,20,21)/t15-/m0/s1. The first-order valence-electron chi connectivity index (χ1n) is 7.82. The maximum atomic E-state index is 12.2. The van der Waals surface area contributed by atoms with Crippen LogP contribution in [0.5, 0.6) is 11.5 Å². The number of ether oxygens (including phenoxy) is 2. The number of para-hydroxylation sites is 1. The van der Waals surface area contributed by atoms with Crippen LogP contribution in [0.4, 0.5) is 0 Å². The molecule has 0 aromatic heterocycles. The number of aryl methyl sites for hydroxylation is 1. The average molecular weight is 313 g/mol. The predicted octanol–water partition coefficient (Wildman–Crippen LogP) is 3.48. The molecule has 0 aliphatic heterocycles. The van der Waals surface area contributed by atoms with Gasteiger partial charge in [-0.05, 0) is 50.1 Å². The molecule has 0 unspecified atom stereocenters. The van der Waals surface area contributed by atoms with Gasteiger partial charge in [0.15, 0.2) is 6.10 Å². The van der Waals surface area contributed by atoms with E-state index in [0.717, 1.165) is 22.6 Å². The third-order valence-corrected chi connectivity index (χ3v) is 3.44. The maximum Gasteiger partial charge on any atom is 0.261 e. The molecule has 2 rings (SSSR count). The Morgan fingerprint density at radius 1 is 1.17 bits per heavy atom. The molecule has 4 heteroatoms. The fraction of sp³-hybridized carbons (Fsp3) is 0.316. The molecule has 1 atom stereocenters. The molecule has 0 saturated carbocycles. The largest absolute Gasteiger partial charge is 0.494 e. The Balaban J connectivity index is 1.89. The fourth-order valence-corrected chi connectivity index (χ4v) is 2.18. The molecule has 2 aromatic carbocycles. The predicted molar refractivity (Wildman–Crippen MR) is 90.7 cm³/mol. The Bertz CT molecular complexity index is 655. The van der Waals surface area contributed by atoms with E-state index < -0.39 is 6.10 Å². The van der Waals surface area contributed by atoms with Crippen LogP contribution in [-0.2, 0) is 11.3 Å². The van der Waals surface area contributed by atoms with Crippen LogP contribution < -0.4 is 14.8 Å². The first-order valence-corrected chi connectivity index (χ1v) is 7.82. The maximum absolute atomic E-state index is 12.2. The Hall–Kier alpha value is -2.49. The van der Waals surface area contributed by atoms with Gasteiger partial charge in [0.1, 0.15) is 11.5 Å². The number of rotatable bonds is 7. The van der Waals surface area contributed by atoms with Crippen LogP contribution in [0.1, 0.15) is 25.0 Å². The van der Waals surface area contributed by atoms with Crippen LogP contribution in [0, 0.1) is 6.92 Å². The Labute approximate surface area is 137 Å². The summed E-state index contributed by atoms with van der Waals surface area (Å²) in [6, 6.07) is 15.4. The van der Waals surface area contributed by atoms with Crippen molar-refractivity contribution in [3.05, 3.63) is 59.7 Å². The summed E-state index contributed by atoms with van der Waals surface area (Å²) in [5, 5.41) is 2.89. The van der Waals surface area contributed by atoms with E-state index in [-0.39, 0.29) is 5.91 Å². The second-order valence-corrected chi connectivity index (χ2v) is 5.32. The highest BCUT2D eigenvalue weighted by molar-refractivity contribution is 5.80. The highest BCUT2D eigenvalue weighted by Gasteiger charge is 2.15. The van der Waals surface area contributed by atoms with Gasteiger partial charge in [-0.25, -0.2) is 0 Å². The minimum absolute atomic E-state index is 0.143. The van der Waals surface area contributed by atoms with Gasteiger partial charge in [-0.2, -0.15) is 0 Å². The first-order chi connectivity index (χ1) is 11.1. The molecule has 0 fully saturated rings. The summed E-state index contributed by atoms with van der Waals surface area (Å²) < 4.78 is 11.2. The average Bonchev–Trinajstić information content (AvgIpc) is 2.55. The van der Waals surface area contributed by atoms with Crippen LogP contribution in [0.3, 0.4) is 0 Å². The zero-order valence-corrected chi connectivity index (χ0v) is 13.8. The summed E-state index contributed by atoms with van der Waals surface area (Å²) in [5.41, 5.74) is 2.00. The second-order valence-electron chi connectivity index (χ2n) is 5.32. The molecule has 0 spiro atoms. The topological polar surface area (TPSA) is 47.6 Å². The van der Waals surface area contributed by atoms with Gasteiger partial charge in [0.05, 0.1) is 6.61 Å². The minimum Gasteiger partial charge on any atom is -0.494 e. The lowest BCUT2D eigenvalue weighted by Gasteiger charge is -2.16. The van der Waals surface area contributed by atoms with Crippen LogP contribution in [0.15, 0.2) is 48.5 Å². The molecule has 0 aliphatic carbocycles. The lowest BCUT2D eigenvalue weighted by molar-refractivity contribution is -0.127. The molecule has 0 saturated heterocycles. The van der Waals surface area contributed by atoms with Crippen molar-refractivity contribution < 1.29 is 14.3 Å². The van der Waals surface area contributed by atoms with Crippen molar-refractivity contribution in [2.24, 2.45) is 0 Å². The van der Waals surface area contributed by atoms with Gasteiger partial charge in [-0.1, -0.05) is 30.3 Å². The number of amides is 1. The second kappa shape index (κ2) is 8.22. The summed E-state index contributed by atoms with van der Waals surface area (Å²) in [7, 11) is 0. The lowest BCUT2D eigenvalue weighted by Crippen LogP contribution is -2.36. The van der Waals surface area contributed by atoms with Crippen LogP contribution in [-0.4, -0.2) is 18.6 Å². The summed E-state index contributed by atoms with van der Waals surface area (Å²) in [4.78, 5) is 12.2. The Kier molecular flexibility index (Phi) is 6.03. The molecule has 23 heavy (non-hydrogen) atoms. The normalized spacial score (nSPS) is 11.6. The van der Waals surface area contributed by atoms with Gasteiger partial charge in [0.25, 0.3) is 5.91 Å². The third-order valence-electron chi connectivity index (χ3n) is 3.44. The van der Waals surface area contributed by atoms with E-state index in [4.69, 9.17) is 9.47 Å². The van der Waals surface area contributed by atoms with Crippen molar-refractivity contribution in [3.63, 3.8) is 0 Å². The smallest absolute Gasteiger partial charge is 0.261 e. The summed E-state index contributed by atoms with van der Waals surface area (Å²) >= 11 is 0. The van der Waals surface area contributed by atoms with Gasteiger partial charge in [-0.15, -0.1) is 0 Å². The van der Waals surface area contributed by atoms with Gasteiger partial charge in [0, 0.05) is 6.54 Å². The van der Waals surface area contributed by atoms with Crippen molar-refractivity contribution in [2.75, 3.05) is 6.61 Å². The lowest BCUT2D eigenvalue weighted by atomic mass is 10.2. The molecule has 0 aliphatic rings. The fourth-order valence-electron chi connectivity index (χ4n) is 2.18. The first kappa shape index (κ1) is 16.9. The number of benzene rings is 2. The van der Waals surface area contributed by atoms with Gasteiger partial charge < -0.3 is 14.8 Å². The molecule has 0 heterocycles. The SMILES string of the molecule is CCOc1cccc(CNC(=O)[C@H](C)Oc2ccccc2C)c1. The van der Waals surface area contributed by atoms with E-state index in [2.05, 4.69) is 5.32 Å². The van der Waals surface area contributed by atoms with E-state index in [1.165, 1.54) is 0 Å². The van der Waals surface area contributed by atoms with Crippen molar-refractivity contribution in [1.82, 2.24) is 5.32 Å². The number of hydrogen-bond acceptors (Lipinski definition) is 3. The molecule has 4 nitrogen and oxygen atoms in total.